The molecule has 0 radical (unpaired) electrons. The fourth-order valence-corrected chi connectivity index (χ4v) is 3.56. The average Bonchev–Trinajstić information content (AvgIpc) is 3.11. The molecule has 3 aromatic rings. The van der Waals surface area contributed by atoms with Gasteiger partial charge in [0.15, 0.2) is 5.65 Å². The summed E-state index contributed by atoms with van der Waals surface area (Å²) < 4.78 is 0. The van der Waals surface area contributed by atoms with Crippen LogP contribution in [-0.4, -0.2) is 44.2 Å². The number of carbonyl (C=O) groups excluding carboxylic acids is 1. The molecule has 2 N–H and O–H groups in total. The smallest absolute Gasteiger partial charge is 0.245 e. The molecular formula is C20H20N4O2. The van der Waals surface area contributed by atoms with E-state index < -0.39 is 0 Å². The number of likely N-dealkylation sites (tertiary alicyclic amines) is 1. The van der Waals surface area contributed by atoms with Gasteiger partial charge in [-0.25, -0.2) is 0 Å². The number of aromatic hydroxyl groups is 1. The van der Waals surface area contributed by atoms with Gasteiger partial charge in [0, 0.05) is 35.7 Å². The molecule has 3 heterocycles. The Bertz CT molecular complexity index is 979. The largest absolute Gasteiger partial charge is 0.507 e. The van der Waals surface area contributed by atoms with Gasteiger partial charge in [-0.1, -0.05) is 18.7 Å². The first-order chi connectivity index (χ1) is 12.7. The number of amides is 1. The number of piperidine rings is 1. The van der Waals surface area contributed by atoms with Crippen molar-refractivity contribution in [1.29, 1.82) is 0 Å². The van der Waals surface area contributed by atoms with Gasteiger partial charge >= 0.3 is 0 Å². The monoisotopic (exact) mass is 348 g/mol. The van der Waals surface area contributed by atoms with Crippen LogP contribution in [0.3, 0.4) is 0 Å². The third-order valence-electron chi connectivity index (χ3n) is 4.92. The van der Waals surface area contributed by atoms with Crippen molar-refractivity contribution in [2.45, 2.75) is 18.8 Å². The summed E-state index contributed by atoms with van der Waals surface area (Å²) in [6.45, 7) is 5.03. The highest BCUT2D eigenvalue weighted by Gasteiger charge is 2.25. The number of nitrogens with one attached hydrogen (secondary N) is 1. The summed E-state index contributed by atoms with van der Waals surface area (Å²) in [6, 6.07) is 11.1. The first-order valence-corrected chi connectivity index (χ1v) is 8.72. The Morgan fingerprint density at radius 2 is 2.15 bits per heavy atom. The molecule has 4 rings (SSSR count). The fourth-order valence-electron chi connectivity index (χ4n) is 3.56. The highest BCUT2D eigenvalue weighted by molar-refractivity contribution is 5.87. The second kappa shape index (κ2) is 6.63. The maximum absolute atomic E-state index is 11.9. The quantitative estimate of drug-likeness (QED) is 0.712. The number of nitrogens with zero attached hydrogens (tertiary/aromatic N) is 3. The molecule has 26 heavy (non-hydrogen) atoms. The number of rotatable bonds is 3. The summed E-state index contributed by atoms with van der Waals surface area (Å²) >= 11 is 0. The molecule has 0 bridgehead atoms. The summed E-state index contributed by atoms with van der Waals surface area (Å²) in [5.41, 5.74) is 3.06. The van der Waals surface area contributed by atoms with Crippen LogP contribution in [0.25, 0.3) is 22.3 Å². The Morgan fingerprint density at radius 1 is 1.31 bits per heavy atom. The number of hydrogen-bond acceptors (Lipinski definition) is 4. The zero-order valence-electron chi connectivity index (χ0n) is 14.4. The van der Waals surface area contributed by atoms with Crippen LogP contribution >= 0.6 is 0 Å². The molecule has 1 saturated heterocycles. The number of aromatic nitrogens is 3. The summed E-state index contributed by atoms with van der Waals surface area (Å²) in [5, 5.41) is 19.5. The van der Waals surface area contributed by atoms with E-state index in [1.54, 1.807) is 12.1 Å². The number of phenols is 1. The molecule has 0 aliphatic carbocycles. The lowest BCUT2D eigenvalue weighted by atomic mass is 9.94. The predicted octanol–water partition coefficient (Wildman–Crippen LogP) is 3.22. The van der Waals surface area contributed by atoms with Crippen molar-refractivity contribution in [2.24, 2.45) is 0 Å². The minimum Gasteiger partial charge on any atom is -0.507 e. The third kappa shape index (κ3) is 2.94. The van der Waals surface area contributed by atoms with Gasteiger partial charge in [-0.05, 0) is 43.2 Å². The molecule has 0 unspecified atom stereocenters. The van der Waals surface area contributed by atoms with Gasteiger partial charge in [0.25, 0.3) is 0 Å². The zero-order valence-corrected chi connectivity index (χ0v) is 14.4. The molecular weight excluding hydrogens is 328 g/mol. The van der Waals surface area contributed by atoms with Gasteiger partial charge in [-0.3, -0.25) is 4.79 Å². The van der Waals surface area contributed by atoms with E-state index in [-0.39, 0.29) is 17.6 Å². The van der Waals surface area contributed by atoms with Crippen LogP contribution in [0.5, 0.6) is 5.75 Å². The van der Waals surface area contributed by atoms with E-state index in [1.165, 1.54) is 6.08 Å². The van der Waals surface area contributed by atoms with Crippen LogP contribution in [-0.2, 0) is 4.79 Å². The van der Waals surface area contributed by atoms with E-state index in [0.29, 0.717) is 23.4 Å². The Labute approximate surface area is 151 Å². The number of phenolic OH excluding ortho intramolecular Hbond substituents is 1. The van der Waals surface area contributed by atoms with Gasteiger partial charge in [0.05, 0.1) is 5.69 Å². The lowest BCUT2D eigenvalue weighted by Crippen LogP contribution is -2.38. The molecule has 1 aliphatic heterocycles. The molecule has 132 valence electrons. The summed E-state index contributed by atoms with van der Waals surface area (Å²) in [6.07, 6.45) is 3.36. The van der Waals surface area contributed by atoms with Crippen LogP contribution in [0, 0.1) is 0 Å². The molecule has 1 amide bonds. The normalized spacial score (nSPS) is 17.4. The molecule has 1 fully saturated rings. The molecule has 1 aliphatic rings. The van der Waals surface area contributed by atoms with Gasteiger partial charge in [0.2, 0.25) is 5.91 Å². The molecule has 0 spiro atoms. The maximum Gasteiger partial charge on any atom is 0.245 e. The number of carbonyl (C=O) groups is 1. The molecule has 2 aromatic heterocycles. The first kappa shape index (κ1) is 16.3. The van der Waals surface area contributed by atoms with E-state index in [4.69, 9.17) is 0 Å². The summed E-state index contributed by atoms with van der Waals surface area (Å²) in [4.78, 5) is 17.1. The second-order valence-corrected chi connectivity index (χ2v) is 6.60. The lowest BCUT2D eigenvalue weighted by molar-refractivity contribution is -0.127. The Hall–Kier alpha value is -3.15. The minimum atomic E-state index is -0.0209. The SMILES string of the molecule is C=CC(=O)N1CCC[C@H](c2cc3cc(-c4ccccc4O)nnc3[nH]2)C1. The van der Waals surface area contributed by atoms with E-state index in [1.807, 2.05) is 23.1 Å². The van der Waals surface area contributed by atoms with Crippen molar-refractivity contribution in [3.05, 3.63) is 54.7 Å². The minimum absolute atomic E-state index is 0.0209. The summed E-state index contributed by atoms with van der Waals surface area (Å²) in [5.74, 6) is 0.408. The number of hydrogen-bond donors (Lipinski definition) is 2. The topological polar surface area (TPSA) is 82.1 Å². The Morgan fingerprint density at radius 3 is 2.96 bits per heavy atom. The van der Waals surface area contributed by atoms with Crippen LogP contribution < -0.4 is 0 Å². The third-order valence-corrected chi connectivity index (χ3v) is 4.92. The van der Waals surface area contributed by atoms with Gasteiger partial charge in [-0.2, -0.15) is 0 Å². The van der Waals surface area contributed by atoms with E-state index in [2.05, 4.69) is 27.8 Å². The van der Waals surface area contributed by atoms with Crippen molar-refractivity contribution >= 4 is 16.9 Å². The van der Waals surface area contributed by atoms with Crippen molar-refractivity contribution in [3.8, 4) is 17.0 Å². The highest BCUT2D eigenvalue weighted by Crippen LogP contribution is 2.31. The van der Waals surface area contributed by atoms with Crippen molar-refractivity contribution in [1.82, 2.24) is 20.1 Å². The number of H-pyrrole nitrogens is 1. The van der Waals surface area contributed by atoms with Crippen molar-refractivity contribution in [3.63, 3.8) is 0 Å². The van der Waals surface area contributed by atoms with Crippen molar-refractivity contribution in [2.75, 3.05) is 13.1 Å². The van der Waals surface area contributed by atoms with Gasteiger partial charge in [-0.15, -0.1) is 10.2 Å². The maximum atomic E-state index is 11.9. The fraction of sp³-hybridized carbons (Fsp3) is 0.250. The second-order valence-electron chi connectivity index (χ2n) is 6.60. The van der Waals surface area contributed by atoms with Crippen LogP contribution in [0.4, 0.5) is 0 Å². The summed E-state index contributed by atoms with van der Waals surface area (Å²) in [7, 11) is 0. The van der Waals surface area contributed by atoms with Crippen molar-refractivity contribution < 1.29 is 9.90 Å². The molecule has 6 heteroatoms. The Kier molecular flexibility index (Phi) is 4.16. The molecule has 1 atom stereocenters. The number of aromatic amines is 1. The van der Waals surface area contributed by atoms with Crippen LogP contribution in [0.1, 0.15) is 24.5 Å². The lowest BCUT2D eigenvalue weighted by Gasteiger charge is -2.31. The first-order valence-electron chi connectivity index (χ1n) is 8.72. The van der Waals surface area contributed by atoms with Gasteiger partial charge in [0.1, 0.15) is 5.75 Å². The standard InChI is InChI=1S/C20H20N4O2/c1-2-19(26)24-9-5-6-13(12-24)16-10-14-11-17(22-23-20(14)21-16)15-7-3-4-8-18(15)25/h2-4,7-8,10-11,13,25H,1,5-6,9,12H2,(H,21,23)/t13-/m0/s1. The van der Waals surface area contributed by atoms with E-state index in [9.17, 15) is 9.90 Å². The predicted molar refractivity (Wildman–Crippen MR) is 99.7 cm³/mol. The average molecular weight is 348 g/mol. The number of fused-ring (bicyclic) bond motifs is 1. The van der Waals surface area contributed by atoms with Gasteiger partial charge < -0.3 is 15.0 Å². The zero-order chi connectivity index (χ0) is 18.1. The Balaban J connectivity index is 1.65. The molecule has 6 nitrogen and oxygen atoms in total. The van der Waals surface area contributed by atoms with Crippen LogP contribution in [0.15, 0.2) is 49.1 Å². The molecule has 0 saturated carbocycles. The molecule has 1 aromatic carbocycles. The highest BCUT2D eigenvalue weighted by atomic mass is 16.3. The van der Waals surface area contributed by atoms with E-state index >= 15 is 0 Å². The number of para-hydroxylation sites is 1. The van der Waals surface area contributed by atoms with Crippen LogP contribution in [0.2, 0.25) is 0 Å². The number of benzene rings is 1. The van der Waals surface area contributed by atoms with E-state index in [0.717, 1.165) is 30.5 Å².